The van der Waals surface area contributed by atoms with E-state index in [1.54, 1.807) is 30.3 Å². The molecule has 1 aliphatic heterocycles. The van der Waals surface area contributed by atoms with Crippen molar-refractivity contribution in [2.75, 3.05) is 11.9 Å². The molecule has 2 N–H and O–H groups in total. The lowest BCUT2D eigenvalue weighted by Crippen LogP contribution is -2.32. The van der Waals surface area contributed by atoms with Crippen LogP contribution in [-0.2, 0) is 4.79 Å². The molecule has 0 radical (unpaired) electrons. The largest absolute Gasteiger partial charge is 0.308 e. The first-order chi connectivity index (χ1) is 13.4. The standard InChI is InChI=1S/C20H14BrFN4O2/c1-11-15-4-2-3-5-16(15)20(28)26(11)10-19(27)23-18-9-17(24-25-18)12-6-13(21)8-14(22)7-12/h2-9H,1,10H2,(H2,23,24,25,27). The van der Waals surface area contributed by atoms with E-state index in [0.29, 0.717) is 27.0 Å². The number of nitrogens with one attached hydrogen (secondary N) is 2. The topological polar surface area (TPSA) is 78.1 Å². The Morgan fingerprint density at radius 2 is 1.96 bits per heavy atom. The first-order valence-electron chi connectivity index (χ1n) is 8.34. The Bertz CT molecular complexity index is 1070. The van der Waals surface area contributed by atoms with Crippen molar-refractivity contribution >= 4 is 39.3 Å². The molecule has 0 saturated heterocycles. The molecule has 2 aromatic carbocycles. The average Bonchev–Trinajstić information content (AvgIpc) is 3.20. The van der Waals surface area contributed by atoms with Gasteiger partial charge < -0.3 is 5.32 Å². The van der Waals surface area contributed by atoms with Crippen molar-refractivity contribution in [1.82, 2.24) is 15.1 Å². The summed E-state index contributed by atoms with van der Waals surface area (Å²) < 4.78 is 14.2. The van der Waals surface area contributed by atoms with Crippen molar-refractivity contribution in [3.8, 4) is 11.3 Å². The van der Waals surface area contributed by atoms with E-state index in [-0.39, 0.29) is 18.3 Å². The zero-order chi connectivity index (χ0) is 19.8. The van der Waals surface area contributed by atoms with E-state index in [1.807, 2.05) is 6.07 Å². The van der Waals surface area contributed by atoms with Crippen molar-refractivity contribution in [3.05, 3.63) is 76.5 Å². The van der Waals surface area contributed by atoms with Crippen molar-refractivity contribution in [2.24, 2.45) is 0 Å². The van der Waals surface area contributed by atoms with Crippen molar-refractivity contribution in [2.45, 2.75) is 0 Å². The predicted molar refractivity (Wildman–Crippen MR) is 107 cm³/mol. The molecule has 2 amide bonds. The highest BCUT2D eigenvalue weighted by atomic mass is 79.9. The van der Waals surface area contributed by atoms with Gasteiger partial charge in [0.05, 0.1) is 5.69 Å². The molecule has 8 heteroatoms. The van der Waals surface area contributed by atoms with Crippen molar-refractivity contribution in [1.29, 1.82) is 0 Å². The molecular formula is C20H14BrFN4O2. The molecule has 0 aliphatic carbocycles. The summed E-state index contributed by atoms with van der Waals surface area (Å²) in [4.78, 5) is 26.2. The fraction of sp³-hybridized carbons (Fsp3) is 0.0500. The van der Waals surface area contributed by atoms with Gasteiger partial charge in [-0.25, -0.2) is 4.39 Å². The Labute approximate surface area is 168 Å². The first kappa shape index (κ1) is 18.1. The summed E-state index contributed by atoms with van der Waals surface area (Å²) in [6.45, 7) is 3.73. The van der Waals surface area contributed by atoms with Crippen molar-refractivity contribution in [3.63, 3.8) is 0 Å². The zero-order valence-electron chi connectivity index (χ0n) is 14.5. The Morgan fingerprint density at radius 1 is 1.21 bits per heavy atom. The number of aromatic nitrogens is 2. The van der Waals surface area contributed by atoms with Gasteiger partial charge in [-0.2, -0.15) is 5.10 Å². The second kappa shape index (κ2) is 7.05. The van der Waals surface area contributed by atoms with E-state index in [4.69, 9.17) is 0 Å². The molecule has 140 valence electrons. The van der Waals surface area contributed by atoms with Gasteiger partial charge in [0.15, 0.2) is 5.82 Å². The maximum atomic E-state index is 13.6. The summed E-state index contributed by atoms with van der Waals surface area (Å²) in [5, 5.41) is 9.41. The Hall–Kier alpha value is -3.26. The lowest BCUT2D eigenvalue weighted by molar-refractivity contribution is -0.116. The molecule has 0 fully saturated rings. The number of anilines is 1. The molecule has 6 nitrogen and oxygen atoms in total. The molecule has 2 heterocycles. The van der Waals surface area contributed by atoms with Gasteiger partial charge in [-0.3, -0.25) is 19.6 Å². The van der Waals surface area contributed by atoms with E-state index < -0.39 is 11.7 Å². The fourth-order valence-electron chi connectivity index (χ4n) is 3.07. The minimum atomic E-state index is -0.416. The summed E-state index contributed by atoms with van der Waals surface area (Å²) in [5.41, 5.74) is 2.86. The lowest BCUT2D eigenvalue weighted by Gasteiger charge is -2.16. The SMILES string of the molecule is C=C1c2ccccc2C(=O)N1CC(=O)Nc1cc(-c2cc(F)cc(Br)c2)[nH]n1. The van der Waals surface area contributed by atoms with Crippen LogP contribution >= 0.6 is 15.9 Å². The van der Waals surface area contributed by atoms with Crippen LogP contribution in [0.1, 0.15) is 15.9 Å². The smallest absolute Gasteiger partial charge is 0.259 e. The lowest BCUT2D eigenvalue weighted by atomic mass is 10.1. The second-order valence-corrected chi connectivity index (χ2v) is 7.17. The molecule has 1 aliphatic rings. The van der Waals surface area contributed by atoms with E-state index in [0.717, 1.165) is 5.56 Å². The molecule has 0 unspecified atom stereocenters. The maximum Gasteiger partial charge on any atom is 0.259 e. The highest BCUT2D eigenvalue weighted by molar-refractivity contribution is 9.10. The van der Waals surface area contributed by atoms with Crippen LogP contribution < -0.4 is 5.32 Å². The number of halogens is 2. The van der Waals surface area contributed by atoms with Gasteiger partial charge in [0.2, 0.25) is 5.91 Å². The number of carbonyl (C=O) groups is 2. The van der Waals surface area contributed by atoms with Gasteiger partial charge in [-0.1, -0.05) is 40.7 Å². The molecule has 0 saturated carbocycles. The number of amides is 2. The van der Waals surface area contributed by atoms with Crippen LogP contribution in [0.15, 0.2) is 59.6 Å². The van der Waals surface area contributed by atoms with Crippen LogP contribution in [-0.4, -0.2) is 33.5 Å². The summed E-state index contributed by atoms with van der Waals surface area (Å²) in [6, 6.07) is 13.1. The fourth-order valence-corrected chi connectivity index (χ4v) is 3.54. The molecule has 3 aromatic rings. The molecule has 0 bridgehead atoms. The van der Waals surface area contributed by atoms with Crippen LogP contribution in [0.5, 0.6) is 0 Å². The van der Waals surface area contributed by atoms with Gasteiger partial charge in [0.1, 0.15) is 12.4 Å². The number of nitrogens with zero attached hydrogens (tertiary/aromatic N) is 2. The normalized spacial score (nSPS) is 13.0. The Balaban J connectivity index is 1.46. The highest BCUT2D eigenvalue weighted by Gasteiger charge is 2.31. The highest BCUT2D eigenvalue weighted by Crippen LogP contribution is 2.31. The van der Waals surface area contributed by atoms with Crippen LogP contribution in [0.25, 0.3) is 17.0 Å². The van der Waals surface area contributed by atoms with Gasteiger partial charge in [-0.05, 0) is 24.3 Å². The number of benzene rings is 2. The number of hydrogen-bond donors (Lipinski definition) is 2. The molecule has 0 atom stereocenters. The maximum absolute atomic E-state index is 13.6. The van der Waals surface area contributed by atoms with E-state index in [9.17, 15) is 14.0 Å². The third-order valence-corrected chi connectivity index (χ3v) is 4.82. The van der Waals surface area contributed by atoms with Gasteiger partial charge in [-0.15, -0.1) is 0 Å². The number of rotatable bonds is 4. The van der Waals surface area contributed by atoms with Crippen LogP contribution in [0.3, 0.4) is 0 Å². The summed E-state index contributed by atoms with van der Waals surface area (Å²) in [7, 11) is 0. The first-order valence-corrected chi connectivity index (χ1v) is 9.13. The monoisotopic (exact) mass is 440 g/mol. The Kier molecular flexibility index (Phi) is 4.56. The third-order valence-electron chi connectivity index (χ3n) is 4.36. The summed E-state index contributed by atoms with van der Waals surface area (Å²) >= 11 is 3.24. The minimum Gasteiger partial charge on any atom is -0.308 e. The van der Waals surface area contributed by atoms with Crippen LogP contribution in [0.2, 0.25) is 0 Å². The van der Waals surface area contributed by atoms with Crippen LogP contribution in [0, 0.1) is 5.82 Å². The quantitative estimate of drug-likeness (QED) is 0.642. The Morgan fingerprint density at radius 3 is 2.68 bits per heavy atom. The number of hydrogen-bond acceptors (Lipinski definition) is 3. The minimum absolute atomic E-state index is 0.181. The molecular weight excluding hydrogens is 427 g/mol. The molecule has 1 aromatic heterocycles. The molecule has 0 spiro atoms. The molecule has 4 rings (SSSR count). The number of carbonyl (C=O) groups excluding carboxylic acids is 2. The van der Waals surface area contributed by atoms with Gasteiger partial charge in [0.25, 0.3) is 5.91 Å². The average molecular weight is 441 g/mol. The van der Waals surface area contributed by atoms with E-state index in [1.165, 1.54) is 17.0 Å². The number of fused-ring (bicyclic) bond motifs is 1. The third kappa shape index (κ3) is 3.34. The van der Waals surface area contributed by atoms with Gasteiger partial charge in [0, 0.05) is 32.9 Å². The van der Waals surface area contributed by atoms with Gasteiger partial charge >= 0.3 is 0 Å². The zero-order valence-corrected chi connectivity index (χ0v) is 16.1. The van der Waals surface area contributed by atoms with Crippen molar-refractivity contribution < 1.29 is 14.0 Å². The van der Waals surface area contributed by atoms with E-state index in [2.05, 4.69) is 38.0 Å². The molecule has 28 heavy (non-hydrogen) atoms. The second-order valence-electron chi connectivity index (χ2n) is 6.26. The van der Waals surface area contributed by atoms with Crippen LogP contribution in [0.4, 0.5) is 10.2 Å². The number of aromatic amines is 1. The van der Waals surface area contributed by atoms with E-state index >= 15 is 0 Å². The summed E-state index contributed by atoms with van der Waals surface area (Å²) in [6.07, 6.45) is 0. The predicted octanol–water partition coefficient (Wildman–Crippen LogP) is 4.04. The number of H-pyrrole nitrogens is 1. The summed E-state index contributed by atoms with van der Waals surface area (Å²) in [5.74, 6) is -0.797.